The number of alkyl halides is 3. The second-order valence-corrected chi connectivity index (χ2v) is 7.42. The molecule has 3 aromatic rings. The Morgan fingerprint density at radius 1 is 1.12 bits per heavy atom. The maximum absolute atomic E-state index is 12.9. The standard InChI is InChI=1S/C20H18F3NOS/c1-12-6-8-15(9-7-12)13(2)19-24-18(25)17(26-19)11-14-4-3-5-16(10-14)20(21,22)23/h3-10,13,25H,11H2,1-2H3. The molecule has 1 N–H and O–H groups in total. The van der Waals surface area contributed by atoms with Crippen molar-refractivity contribution in [3.8, 4) is 5.88 Å². The summed E-state index contributed by atoms with van der Waals surface area (Å²) in [4.78, 5) is 4.80. The van der Waals surface area contributed by atoms with Crippen LogP contribution in [0.2, 0.25) is 0 Å². The van der Waals surface area contributed by atoms with Gasteiger partial charge in [0.15, 0.2) is 0 Å². The first-order valence-corrected chi connectivity index (χ1v) is 8.97. The van der Waals surface area contributed by atoms with Gasteiger partial charge in [0.2, 0.25) is 5.88 Å². The Labute approximate surface area is 154 Å². The smallest absolute Gasteiger partial charge is 0.416 e. The van der Waals surface area contributed by atoms with Gasteiger partial charge >= 0.3 is 6.18 Å². The van der Waals surface area contributed by atoms with Crippen molar-refractivity contribution >= 4 is 11.3 Å². The zero-order valence-electron chi connectivity index (χ0n) is 14.3. The fourth-order valence-electron chi connectivity index (χ4n) is 2.70. The zero-order chi connectivity index (χ0) is 18.9. The van der Waals surface area contributed by atoms with Crippen LogP contribution in [0.1, 0.15) is 45.0 Å². The molecule has 0 bridgehead atoms. The minimum Gasteiger partial charge on any atom is -0.492 e. The van der Waals surface area contributed by atoms with Gasteiger partial charge in [0.25, 0.3) is 0 Å². The second-order valence-electron chi connectivity index (χ2n) is 6.31. The van der Waals surface area contributed by atoms with Crippen LogP contribution in [0.3, 0.4) is 0 Å². The van der Waals surface area contributed by atoms with Crippen molar-refractivity contribution in [1.29, 1.82) is 0 Å². The number of hydrogen-bond donors (Lipinski definition) is 1. The monoisotopic (exact) mass is 377 g/mol. The number of nitrogens with zero attached hydrogens (tertiary/aromatic N) is 1. The van der Waals surface area contributed by atoms with Crippen LogP contribution in [-0.4, -0.2) is 10.1 Å². The molecule has 3 rings (SSSR count). The van der Waals surface area contributed by atoms with Crippen LogP contribution in [0.5, 0.6) is 5.88 Å². The third-order valence-corrected chi connectivity index (χ3v) is 5.49. The number of hydrogen-bond acceptors (Lipinski definition) is 3. The lowest BCUT2D eigenvalue weighted by molar-refractivity contribution is -0.137. The Bertz CT molecular complexity index is 900. The van der Waals surface area contributed by atoms with Gasteiger partial charge in [0.05, 0.1) is 10.4 Å². The van der Waals surface area contributed by atoms with Crippen LogP contribution >= 0.6 is 11.3 Å². The molecule has 2 aromatic carbocycles. The first-order valence-electron chi connectivity index (χ1n) is 8.15. The minimum absolute atomic E-state index is 0.00163. The van der Waals surface area contributed by atoms with E-state index in [2.05, 4.69) is 4.98 Å². The zero-order valence-corrected chi connectivity index (χ0v) is 15.2. The van der Waals surface area contributed by atoms with Crippen LogP contribution < -0.4 is 0 Å². The summed E-state index contributed by atoms with van der Waals surface area (Å²) >= 11 is 1.33. The third-order valence-electron chi connectivity index (χ3n) is 4.26. The van der Waals surface area contributed by atoms with Gasteiger partial charge < -0.3 is 5.11 Å². The molecule has 6 heteroatoms. The van der Waals surface area contributed by atoms with Gasteiger partial charge in [-0.2, -0.15) is 13.2 Å². The third kappa shape index (κ3) is 4.07. The maximum Gasteiger partial charge on any atom is 0.416 e. The highest BCUT2D eigenvalue weighted by atomic mass is 32.1. The molecule has 0 aliphatic heterocycles. The quantitative estimate of drug-likeness (QED) is 0.612. The number of aromatic nitrogens is 1. The summed E-state index contributed by atoms with van der Waals surface area (Å²) in [6, 6.07) is 13.2. The summed E-state index contributed by atoms with van der Waals surface area (Å²) in [7, 11) is 0. The van der Waals surface area contributed by atoms with E-state index in [9.17, 15) is 18.3 Å². The molecule has 0 saturated heterocycles. The van der Waals surface area contributed by atoms with Crippen molar-refractivity contribution in [1.82, 2.24) is 4.98 Å². The first kappa shape index (κ1) is 18.5. The molecule has 136 valence electrons. The normalized spacial score (nSPS) is 13.0. The topological polar surface area (TPSA) is 33.1 Å². The van der Waals surface area contributed by atoms with Gasteiger partial charge in [0.1, 0.15) is 5.01 Å². The molecule has 0 spiro atoms. The number of thiazole rings is 1. The lowest BCUT2D eigenvalue weighted by atomic mass is 10.0. The van der Waals surface area contributed by atoms with E-state index in [1.54, 1.807) is 6.07 Å². The maximum atomic E-state index is 12.9. The molecule has 1 unspecified atom stereocenters. The van der Waals surface area contributed by atoms with Crippen molar-refractivity contribution in [2.24, 2.45) is 0 Å². The Morgan fingerprint density at radius 2 is 1.81 bits per heavy atom. The van der Waals surface area contributed by atoms with Crippen molar-refractivity contribution < 1.29 is 18.3 Å². The predicted molar refractivity (Wildman–Crippen MR) is 96.7 cm³/mol. The number of rotatable bonds is 4. The second kappa shape index (κ2) is 7.11. The average Bonchev–Trinajstić information content (AvgIpc) is 2.95. The van der Waals surface area contributed by atoms with E-state index < -0.39 is 11.7 Å². The minimum atomic E-state index is -4.38. The van der Waals surface area contributed by atoms with Crippen molar-refractivity contribution in [2.45, 2.75) is 32.4 Å². The van der Waals surface area contributed by atoms with E-state index in [0.29, 0.717) is 10.4 Å². The lowest BCUT2D eigenvalue weighted by Gasteiger charge is -2.09. The van der Waals surface area contributed by atoms with Gasteiger partial charge in [-0.25, -0.2) is 4.98 Å². The molecular weight excluding hydrogens is 359 g/mol. The van der Waals surface area contributed by atoms with Gasteiger partial charge in [-0.3, -0.25) is 0 Å². The van der Waals surface area contributed by atoms with Crippen LogP contribution in [0.15, 0.2) is 48.5 Å². The summed E-state index contributed by atoms with van der Waals surface area (Å²) in [5, 5.41) is 10.9. The molecule has 1 heterocycles. The van der Waals surface area contributed by atoms with Crippen LogP contribution in [0.25, 0.3) is 0 Å². The Hall–Kier alpha value is -2.34. The van der Waals surface area contributed by atoms with E-state index >= 15 is 0 Å². The SMILES string of the molecule is Cc1ccc(C(C)c2nc(O)c(Cc3cccc(C(F)(F)F)c3)s2)cc1. The van der Waals surface area contributed by atoms with Gasteiger partial charge in [-0.05, 0) is 24.1 Å². The summed E-state index contributed by atoms with van der Waals surface area (Å²) < 4.78 is 38.6. The summed E-state index contributed by atoms with van der Waals surface area (Å²) in [6.45, 7) is 4.01. The van der Waals surface area contributed by atoms with Crippen LogP contribution in [0.4, 0.5) is 13.2 Å². The molecular formula is C20H18F3NOS. The molecule has 0 aliphatic rings. The van der Waals surface area contributed by atoms with Crippen LogP contribution in [-0.2, 0) is 12.6 Å². The molecule has 0 radical (unpaired) electrons. The number of aromatic hydroxyl groups is 1. The van der Waals surface area contributed by atoms with E-state index in [4.69, 9.17) is 0 Å². The van der Waals surface area contributed by atoms with E-state index in [1.807, 2.05) is 38.1 Å². The Morgan fingerprint density at radius 3 is 2.46 bits per heavy atom. The summed E-state index contributed by atoms with van der Waals surface area (Å²) in [5.74, 6) is -0.108. The highest BCUT2D eigenvalue weighted by molar-refractivity contribution is 7.12. The van der Waals surface area contributed by atoms with Gasteiger partial charge in [0, 0.05) is 12.3 Å². The largest absolute Gasteiger partial charge is 0.492 e. The molecule has 0 amide bonds. The Kier molecular flexibility index (Phi) is 5.05. The highest BCUT2D eigenvalue weighted by Gasteiger charge is 2.30. The van der Waals surface area contributed by atoms with E-state index in [0.717, 1.165) is 28.3 Å². The van der Waals surface area contributed by atoms with Crippen LogP contribution in [0, 0.1) is 6.92 Å². The molecule has 0 saturated carbocycles. The highest BCUT2D eigenvalue weighted by Crippen LogP contribution is 2.35. The fourth-order valence-corrected chi connectivity index (χ4v) is 3.78. The van der Waals surface area contributed by atoms with E-state index in [-0.39, 0.29) is 18.2 Å². The molecule has 2 nitrogen and oxygen atoms in total. The van der Waals surface area contributed by atoms with Crippen molar-refractivity contribution in [3.05, 3.63) is 80.7 Å². The predicted octanol–water partition coefficient (Wildman–Crippen LogP) is 5.92. The summed E-state index contributed by atoms with van der Waals surface area (Å²) in [6.07, 6.45) is -4.16. The van der Waals surface area contributed by atoms with Gasteiger partial charge in [-0.1, -0.05) is 55.0 Å². The fraction of sp³-hybridized carbons (Fsp3) is 0.250. The molecule has 1 aromatic heterocycles. The lowest BCUT2D eigenvalue weighted by Crippen LogP contribution is -2.05. The first-order chi connectivity index (χ1) is 12.2. The molecule has 0 fully saturated rings. The number of aryl methyl sites for hydroxylation is 1. The average molecular weight is 377 g/mol. The summed E-state index contributed by atoms with van der Waals surface area (Å²) in [5.41, 5.74) is 2.05. The number of benzene rings is 2. The van der Waals surface area contributed by atoms with Crippen molar-refractivity contribution in [3.63, 3.8) is 0 Å². The number of halogens is 3. The van der Waals surface area contributed by atoms with E-state index in [1.165, 1.54) is 17.4 Å². The Balaban J connectivity index is 1.83. The molecule has 0 aliphatic carbocycles. The van der Waals surface area contributed by atoms with Crippen molar-refractivity contribution in [2.75, 3.05) is 0 Å². The molecule has 1 atom stereocenters. The molecule has 26 heavy (non-hydrogen) atoms. The van der Waals surface area contributed by atoms with Gasteiger partial charge in [-0.15, -0.1) is 11.3 Å².